The van der Waals surface area contributed by atoms with Gasteiger partial charge in [0, 0.05) is 42.3 Å². The molecule has 0 radical (unpaired) electrons. The molecule has 9 nitrogen and oxygen atoms in total. The van der Waals surface area contributed by atoms with E-state index in [1.807, 2.05) is 40.2 Å². The molecule has 1 atom stereocenters. The van der Waals surface area contributed by atoms with Crippen LogP contribution in [0.4, 0.5) is 5.69 Å². The molecule has 0 saturated carbocycles. The summed E-state index contributed by atoms with van der Waals surface area (Å²) in [5.41, 5.74) is 9.92. The largest absolute Gasteiger partial charge is 0.494 e. The zero-order valence-electron chi connectivity index (χ0n) is 18.2. The van der Waals surface area contributed by atoms with Gasteiger partial charge in [-0.05, 0) is 31.0 Å². The lowest BCUT2D eigenvalue weighted by molar-refractivity contribution is 0.0674. The van der Waals surface area contributed by atoms with Crippen LogP contribution in [0.5, 0.6) is 5.75 Å². The van der Waals surface area contributed by atoms with Crippen LogP contribution in [0, 0.1) is 11.3 Å². The number of anilines is 1. The van der Waals surface area contributed by atoms with Gasteiger partial charge in [0.25, 0.3) is 5.91 Å². The fourth-order valence-corrected chi connectivity index (χ4v) is 4.38. The first-order valence-electron chi connectivity index (χ1n) is 10.7. The summed E-state index contributed by atoms with van der Waals surface area (Å²) in [5.74, 6) is 0.525. The van der Waals surface area contributed by atoms with Crippen molar-refractivity contribution in [2.75, 3.05) is 25.9 Å². The minimum atomic E-state index is -0.0488. The van der Waals surface area contributed by atoms with Crippen LogP contribution < -0.4 is 10.5 Å². The zero-order chi connectivity index (χ0) is 22.9. The van der Waals surface area contributed by atoms with Crippen molar-refractivity contribution in [1.82, 2.24) is 24.3 Å². The summed E-state index contributed by atoms with van der Waals surface area (Å²) < 4.78 is 9.08. The number of rotatable bonds is 4. The summed E-state index contributed by atoms with van der Waals surface area (Å²) in [6.07, 6.45) is 8.98. The van der Waals surface area contributed by atoms with Gasteiger partial charge in [0.15, 0.2) is 0 Å². The number of carbonyl (C=O) groups is 1. The van der Waals surface area contributed by atoms with Crippen LogP contribution in [0.1, 0.15) is 34.8 Å². The molecular formula is C24H23N7O2. The maximum atomic E-state index is 13.0. The number of benzene rings is 1. The quantitative estimate of drug-likeness (QED) is 0.487. The molecule has 4 aromatic rings. The molecule has 0 spiro atoms. The highest BCUT2D eigenvalue weighted by Crippen LogP contribution is 2.31. The number of piperidine rings is 1. The predicted octanol–water partition coefficient (Wildman–Crippen LogP) is 3.14. The second-order valence-electron chi connectivity index (χ2n) is 8.10. The highest BCUT2D eigenvalue weighted by molar-refractivity contribution is 5.99. The minimum Gasteiger partial charge on any atom is -0.494 e. The molecule has 3 aromatic heterocycles. The van der Waals surface area contributed by atoms with Gasteiger partial charge >= 0.3 is 0 Å². The molecule has 9 heteroatoms. The summed E-state index contributed by atoms with van der Waals surface area (Å²) in [7, 11) is 1.57. The molecule has 33 heavy (non-hydrogen) atoms. The Morgan fingerprint density at radius 1 is 1.21 bits per heavy atom. The van der Waals surface area contributed by atoms with Crippen molar-refractivity contribution in [3.05, 3.63) is 66.2 Å². The Bertz CT molecular complexity index is 1380. The highest BCUT2D eigenvalue weighted by Gasteiger charge is 2.27. The third-order valence-electron chi connectivity index (χ3n) is 6.10. The van der Waals surface area contributed by atoms with Gasteiger partial charge in [-0.15, -0.1) is 0 Å². The average molecular weight is 441 g/mol. The third-order valence-corrected chi connectivity index (χ3v) is 6.10. The Kier molecular flexibility index (Phi) is 5.18. The van der Waals surface area contributed by atoms with E-state index in [2.05, 4.69) is 16.3 Å². The lowest BCUT2D eigenvalue weighted by Crippen LogP contribution is -2.41. The molecule has 1 amide bonds. The van der Waals surface area contributed by atoms with Crippen molar-refractivity contribution in [3.63, 3.8) is 0 Å². The van der Waals surface area contributed by atoms with E-state index in [1.54, 1.807) is 30.0 Å². The number of ether oxygens (including phenoxy) is 1. The van der Waals surface area contributed by atoms with Crippen LogP contribution in [0.25, 0.3) is 16.6 Å². The fraction of sp³-hybridized carbons (Fsp3) is 0.250. The van der Waals surface area contributed by atoms with Crippen molar-refractivity contribution >= 4 is 17.1 Å². The van der Waals surface area contributed by atoms with E-state index in [9.17, 15) is 10.1 Å². The second kappa shape index (κ2) is 8.31. The third kappa shape index (κ3) is 3.65. The Labute approximate surface area is 190 Å². The van der Waals surface area contributed by atoms with E-state index in [4.69, 9.17) is 10.5 Å². The number of hydrogen-bond donors (Lipinski definition) is 1. The van der Waals surface area contributed by atoms with Gasteiger partial charge in [0.2, 0.25) is 0 Å². The first-order chi connectivity index (χ1) is 16.1. The summed E-state index contributed by atoms with van der Waals surface area (Å²) in [6.45, 7) is 1.27. The average Bonchev–Trinajstić information content (AvgIpc) is 3.51. The SMILES string of the molecule is COc1cc(-c2cnn([C@@H]3CCCN(C(=O)c4ccccc4N)C3)c2)cn2ncc(C#N)c12. The number of aromatic nitrogens is 4. The smallest absolute Gasteiger partial charge is 0.256 e. The number of nitriles is 1. The summed E-state index contributed by atoms with van der Waals surface area (Å²) >= 11 is 0. The van der Waals surface area contributed by atoms with Gasteiger partial charge in [-0.1, -0.05) is 12.1 Å². The molecule has 5 rings (SSSR count). The van der Waals surface area contributed by atoms with Crippen molar-refractivity contribution in [2.45, 2.75) is 18.9 Å². The van der Waals surface area contributed by atoms with Crippen LogP contribution >= 0.6 is 0 Å². The number of nitrogen functional groups attached to an aromatic ring is 1. The number of amides is 1. The molecule has 1 aliphatic heterocycles. The molecule has 4 heterocycles. The van der Waals surface area contributed by atoms with Gasteiger partial charge in [-0.25, -0.2) is 4.52 Å². The number of nitrogens with zero attached hydrogens (tertiary/aromatic N) is 6. The number of fused-ring (bicyclic) bond motifs is 1. The topological polar surface area (TPSA) is 114 Å². The fourth-order valence-electron chi connectivity index (χ4n) is 4.38. The summed E-state index contributed by atoms with van der Waals surface area (Å²) in [6, 6.07) is 11.3. The predicted molar refractivity (Wildman–Crippen MR) is 123 cm³/mol. The number of methoxy groups -OCH3 is 1. The van der Waals surface area contributed by atoms with Crippen LogP contribution in [-0.4, -0.2) is 50.4 Å². The van der Waals surface area contributed by atoms with Crippen molar-refractivity contribution in [1.29, 1.82) is 5.26 Å². The van der Waals surface area contributed by atoms with E-state index < -0.39 is 0 Å². The van der Waals surface area contributed by atoms with Crippen molar-refractivity contribution < 1.29 is 9.53 Å². The van der Waals surface area contributed by atoms with Crippen LogP contribution in [0.3, 0.4) is 0 Å². The zero-order valence-corrected chi connectivity index (χ0v) is 18.2. The van der Waals surface area contributed by atoms with Gasteiger partial charge in [-0.2, -0.15) is 15.5 Å². The van der Waals surface area contributed by atoms with Crippen LogP contribution in [0.2, 0.25) is 0 Å². The number of likely N-dealkylation sites (tertiary alicyclic amines) is 1. The maximum Gasteiger partial charge on any atom is 0.256 e. The molecule has 0 bridgehead atoms. The Morgan fingerprint density at radius 3 is 2.85 bits per heavy atom. The molecule has 1 aromatic carbocycles. The van der Waals surface area contributed by atoms with E-state index in [0.717, 1.165) is 24.0 Å². The van der Waals surface area contributed by atoms with Crippen LogP contribution in [-0.2, 0) is 0 Å². The van der Waals surface area contributed by atoms with Crippen molar-refractivity contribution in [3.8, 4) is 22.9 Å². The van der Waals surface area contributed by atoms with Gasteiger partial charge in [0.05, 0.1) is 31.1 Å². The minimum absolute atomic E-state index is 0.0488. The molecule has 1 fully saturated rings. The summed E-state index contributed by atoms with van der Waals surface area (Å²) in [4.78, 5) is 14.9. The first kappa shape index (κ1) is 20.6. The highest BCUT2D eigenvalue weighted by atomic mass is 16.5. The molecule has 1 saturated heterocycles. The van der Waals surface area contributed by atoms with Gasteiger partial charge in [0.1, 0.15) is 22.9 Å². The molecule has 1 aliphatic rings. The summed E-state index contributed by atoms with van der Waals surface area (Å²) in [5, 5.41) is 18.2. The first-order valence-corrected chi connectivity index (χ1v) is 10.7. The lowest BCUT2D eigenvalue weighted by atomic mass is 10.0. The Balaban J connectivity index is 1.40. The normalized spacial score (nSPS) is 16.0. The van der Waals surface area contributed by atoms with E-state index >= 15 is 0 Å². The second-order valence-corrected chi connectivity index (χ2v) is 8.10. The monoisotopic (exact) mass is 441 g/mol. The molecule has 0 unspecified atom stereocenters. The molecular weight excluding hydrogens is 418 g/mol. The number of nitrogens with two attached hydrogens (primary N) is 1. The number of pyridine rings is 1. The maximum absolute atomic E-state index is 13.0. The number of hydrogen-bond acceptors (Lipinski definition) is 6. The molecule has 2 N–H and O–H groups in total. The van der Waals surface area contributed by atoms with E-state index in [1.165, 1.54) is 6.20 Å². The van der Waals surface area contributed by atoms with E-state index in [-0.39, 0.29) is 11.9 Å². The van der Waals surface area contributed by atoms with Gasteiger partial charge < -0.3 is 15.4 Å². The van der Waals surface area contributed by atoms with Gasteiger partial charge in [-0.3, -0.25) is 9.48 Å². The Morgan fingerprint density at radius 2 is 2.06 bits per heavy atom. The lowest BCUT2D eigenvalue weighted by Gasteiger charge is -2.33. The molecule has 166 valence electrons. The number of para-hydroxylation sites is 1. The molecule has 0 aliphatic carbocycles. The van der Waals surface area contributed by atoms with E-state index in [0.29, 0.717) is 41.2 Å². The standard InChI is InChI=1S/C24H23N7O2/c1-33-22-9-16(13-31-23(22)17(10-25)11-28-31)18-12-27-30(14-18)19-5-4-8-29(15-19)24(32)20-6-2-3-7-21(20)26/h2-3,6-7,9,11-14,19H,4-5,8,15,26H2,1H3/t19-/m1/s1. The van der Waals surface area contributed by atoms with Crippen LogP contribution in [0.15, 0.2) is 55.1 Å². The Hall–Kier alpha value is -4.32. The van der Waals surface area contributed by atoms with Crippen molar-refractivity contribution in [2.24, 2.45) is 0 Å². The number of carbonyl (C=O) groups excluding carboxylic acids is 1.